The molecule has 0 atom stereocenters. The van der Waals surface area contributed by atoms with Gasteiger partial charge in [0, 0.05) is 6.54 Å². The molecule has 0 aromatic heterocycles. The highest BCUT2D eigenvalue weighted by Gasteiger charge is 2.01. The van der Waals surface area contributed by atoms with E-state index in [1.54, 1.807) is 13.2 Å². The third kappa shape index (κ3) is 3.88. The molecule has 0 radical (unpaired) electrons. The predicted molar refractivity (Wildman–Crippen MR) is 78.1 cm³/mol. The van der Waals surface area contributed by atoms with Crippen LogP contribution in [0.1, 0.15) is 5.56 Å². The summed E-state index contributed by atoms with van der Waals surface area (Å²) in [6.45, 7) is 2.85. The molecule has 0 bridgehead atoms. The smallest absolute Gasteiger partial charge is 0.146 e. The molecule has 0 fully saturated rings. The Labute approximate surface area is 118 Å². The van der Waals surface area contributed by atoms with Crippen molar-refractivity contribution in [3.8, 4) is 11.5 Å². The molecule has 0 spiro atoms. The minimum Gasteiger partial charge on any atom is -0.497 e. The minimum absolute atomic E-state index is 0.241. The Bertz CT molecular complexity index is 555. The Morgan fingerprint density at radius 3 is 2.40 bits per heavy atom. The van der Waals surface area contributed by atoms with Crippen molar-refractivity contribution in [2.24, 2.45) is 0 Å². The van der Waals surface area contributed by atoms with E-state index in [0.29, 0.717) is 18.8 Å². The lowest BCUT2D eigenvalue weighted by Gasteiger charge is -2.10. The van der Waals surface area contributed by atoms with Gasteiger partial charge in [0.15, 0.2) is 0 Å². The van der Waals surface area contributed by atoms with E-state index in [0.717, 1.165) is 17.1 Å². The standard InChI is InChI=1S/C16H18FNO2/c1-12-3-8-16(15(17)11-12)18-9-10-20-14-6-4-13(19-2)5-7-14/h3-8,11,18H,9-10H2,1-2H3. The fourth-order valence-corrected chi connectivity index (χ4v) is 1.79. The molecule has 20 heavy (non-hydrogen) atoms. The van der Waals surface area contributed by atoms with E-state index in [9.17, 15) is 4.39 Å². The molecule has 2 aromatic rings. The number of ether oxygens (including phenoxy) is 2. The zero-order chi connectivity index (χ0) is 14.4. The van der Waals surface area contributed by atoms with Gasteiger partial charge in [0.25, 0.3) is 0 Å². The third-order valence-corrected chi connectivity index (χ3v) is 2.87. The molecule has 0 saturated carbocycles. The molecule has 0 aliphatic heterocycles. The maximum absolute atomic E-state index is 13.6. The Kier molecular flexibility index (Phi) is 4.82. The number of anilines is 1. The van der Waals surface area contributed by atoms with Crippen LogP contribution in [0.3, 0.4) is 0 Å². The van der Waals surface area contributed by atoms with Crippen molar-refractivity contribution in [2.75, 3.05) is 25.6 Å². The first-order valence-corrected chi connectivity index (χ1v) is 6.46. The minimum atomic E-state index is -0.241. The molecule has 0 unspecified atom stereocenters. The zero-order valence-corrected chi connectivity index (χ0v) is 11.7. The number of nitrogens with one attached hydrogen (secondary N) is 1. The van der Waals surface area contributed by atoms with E-state index in [2.05, 4.69) is 5.32 Å². The summed E-state index contributed by atoms with van der Waals surface area (Å²) in [4.78, 5) is 0. The number of hydrogen-bond acceptors (Lipinski definition) is 3. The van der Waals surface area contributed by atoms with Crippen LogP contribution < -0.4 is 14.8 Å². The number of benzene rings is 2. The molecule has 0 aliphatic rings. The average Bonchev–Trinajstić information content (AvgIpc) is 2.46. The predicted octanol–water partition coefficient (Wildman–Crippen LogP) is 3.63. The molecular weight excluding hydrogens is 257 g/mol. The summed E-state index contributed by atoms with van der Waals surface area (Å²) < 4.78 is 24.2. The van der Waals surface area contributed by atoms with Crippen molar-refractivity contribution >= 4 is 5.69 Å². The molecule has 4 heteroatoms. The van der Waals surface area contributed by atoms with Crippen LogP contribution >= 0.6 is 0 Å². The average molecular weight is 275 g/mol. The van der Waals surface area contributed by atoms with Crippen LogP contribution in [0.15, 0.2) is 42.5 Å². The number of rotatable bonds is 6. The molecule has 2 rings (SSSR count). The number of halogens is 1. The van der Waals surface area contributed by atoms with Crippen LogP contribution in [-0.4, -0.2) is 20.3 Å². The van der Waals surface area contributed by atoms with E-state index < -0.39 is 0 Å². The number of aryl methyl sites for hydroxylation is 1. The summed E-state index contributed by atoms with van der Waals surface area (Å²) in [6, 6.07) is 12.5. The second-order valence-electron chi connectivity index (χ2n) is 4.43. The van der Waals surface area contributed by atoms with Crippen LogP contribution in [0.5, 0.6) is 11.5 Å². The lowest BCUT2D eigenvalue weighted by atomic mass is 10.2. The molecule has 1 N–H and O–H groups in total. The molecule has 0 heterocycles. The highest BCUT2D eigenvalue weighted by atomic mass is 19.1. The Balaban J connectivity index is 1.78. The molecule has 3 nitrogen and oxygen atoms in total. The van der Waals surface area contributed by atoms with Gasteiger partial charge in [0.1, 0.15) is 23.9 Å². The first kappa shape index (κ1) is 14.2. The van der Waals surface area contributed by atoms with Crippen LogP contribution in [0.2, 0.25) is 0 Å². The second-order valence-corrected chi connectivity index (χ2v) is 4.43. The fraction of sp³-hybridized carbons (Fsp3) is 0.250. The number of methoxy groups -OCH3 is 1. The fourth-order valence-electron chi connectivity index (χ4n) is 1.79. The first-order chi connectivity index (χ1) is 9.69. The van der Waals surface area contributed by atoms with Crippen LogP contribution in [-0.2, 0) is 0 Å². The van der Waals surface area contributed by atoms with Crippen molar-refractivity contribution in [1.29, 1.82) is 0 Å². The van der Waals surface area contributed by atoms with Gasteiger partial charge in [-0.25, -0.2) is 4.39 Å². The van der Waals surface area contributed by atoms with Crippen LogP contribution in [0.4, 0.5) is 10.1 Å². The van der Waals surface area contributed by atoms with E-state index in [1.807, 2.05) is 37.3 Å². The van der Waals surface area contributed by atoms with Gasteiger partial charge < -0.3 is 14.8 Å². The van der Waals surface area contributed by atoms with Gasteiger partial charge >= 0.3 is 0 Å². The van der Waals surface area contributed by atoms with E-state index >= 15 is 0 Å². The van der Waals surface area contributed by atoms with Gasteiger partial charge in [0.2, 0.25) is 0 Å². The van der Waals surface area contributed by atoms with Gasteiger partial charge in [-0.05, 0) is 48.9 Å². The summed E-state index contributed by atoms with van der Waals surface area (Å²) >= 11 is 0. The topological polar surface area (TPSA) is 30.5 Å². The zero-order valence-electron chi connectivity index (χ0n) is 11.7. The van der Waals surface area contributed by atoms with Gasteiger partial charge in [-0.2, -0.15) is 0 Å². The van der Waals surface area contributed by atoms with E-state index in [-0.39, 0.29) is 5.82 Å². The van der Waals surface area contributed by atoms with E-state index in [4.69, 9.17) is 9.47 Å². The summed E-state index contributed by atoms with van der Waals surface area (Å²) in [5, 5.41) is 3.01. The third-order valence-electron chi connectivity index (χ3n) is 2.87. The lowest BCUT2D eigenvalue weighted by molar-refractivity contribution is 0.331. The summed E-state index contributed by atoms with van der Waals surface area (Å²) in [7, 11) is 1.62. The highest BCUT2D eigenvalue weighted by Crippen LogP contribution is 2.17. The molecule has 0 aliphatic carbocycles. The van der Waals surface area contributed by atoms with Gasteiger partial charge in [-0.15, -0.1) is 0 Å². The van der Waals surface area contributed by atoms with Crippen molar-refractivity contribution in [2.45, 2.75) is 6.92 Å². The molecule has 106 valence electrons. The Morgan fingerprint density at radius 1 is 1.05 bits per heavy atom. The van der Waals surface area contributed by atoms with Gasteiger partial charge in [-0.3, -0.25) is 0 Å². The second kappa shape index (κ2) is 6.80. The van der Waals surface area contributed by atoms with Crippen molar-refractivity contribution in [1.82, 2.24) is 0 Å². The Morgan fingerprint density at radius 2 is 1.75 bits per heavy atom. The lowest BCUT2D eigenvalue weighted by Crippen LogP contribution is -2.12. The van der Waals surface area contributed by atoms with Crippen molar-refractivity contribution in [3.05, 3.63) is 53.8 Å². The SMILES string of the molecule is COc1ccc(OCCNc2ccc(C)cc2F)cc1. The van der Waals surface area contributed by atoms with Crippen molar-refractivity contribution in [3.63, 3.8) is 0 Å². The largest absolute Gasteiger partial charge is 0.497 e. The summed E-state index contributed by atoms with van der Waals surface area (Å²) in [5.74, 6) is 1.31. The monoisotopic (exact) mass is 275 g/mol. The highest BCUT2D eigenvalue weighted by molar-refractivity contribution is 5.46. The Hall–Kier alpha value is -2.23. The molecule has 0 amide bonds. The maximum Gasteiger partial charge on any atom is 0.146 e. The van der Waals surface area contributed by atoms with Crippen LogP contribution in [0, 0.1) is 12.7 Å². The van der Waals surface area contributed by atoms with Gasteiger partial charge in [0.05, 0.1) is 12.8 Å². The number of hydrogen-bond donors (Lipinski definition) is 1. The summed E-state index contributed by atoms with van der Waals surface area (Å²) in [5.41, 5.74) is 1.40. The quantitative estimate of drug-likeness (QED) is 0.817. The van der Waals surface area contributed by atoms with Crippen LogP contribution in [0.25, 0.3) is 0 Å². The van der Waals surface area contributed by atoms with E-state index in [1.165, 1.54) is 6.07 Å². The molecule has 2 aromatic carbocycles. The van der Waals surface area contributed by atoms with Gasteiger partial charge in [-0.1, -0.05) is 6.07 Å². The molecular formula is C16H18FNO2. The normalized spacial score (nSPS) is 10.2. The molecule has 0 saturated heterocycles. The van der Waals surface area contributed by atoms with Crippen molar-refractivity contribution < 1.29 is 13.9 Å². The maximum atomic E-state index is 13.6. The summed E-state index contributed by atoms with van der Waals surface area (Å²) in [6.07, 6.45) is 0. The first-order valence-electron chi connectivity index (χ1n) is 6.46.